The molecule has 1 heterocycles. The Labute approximate surface area is 133 Å². The molecule has 0 radical (unpaired) electrons. The number of halogens is 2. The summed E-state index contributed by atoms with van der Waals surface area (Å²) in [6, 6.07) is 3.42. The second-order valence-electron chi connectivity index (χ2n) is 6.29. The van der Waals surface area contributed by atoms with Gasteiger partial charge in [-0.3, -0.25) is 4.79 Å². The van der Waals surface area contributed by atoms with Gasteiger partial charge in [0.15, 0.2) is 0 Å². The number of alkyl halides is 1. The summed E-state index contributed by atoms with van der Waals surface area (Å²) in [5.74, 6) is 0.471. The molecule has 1 atom stereocenters. The Bertz CT molecular complexity index is 540. The van der Waals surface area contributed by atoms with Crippen molar-refractivity contribution < 1.29 is 9.18 Å². The number of amides is 1. The number of carbonyl (C=O) groups excluding carboxylic acids is 1. The Kier molecular flexibility index (Phi) is 4.63. The van der Waals surface area contributed by atoms with Gasteiger partial charge < -0.3 is 5.32 Å². The molecule has 4 heteroatoms. The molecule has 1 fully saturated rings. The molecule has 1 saturated carbocycles. The van der Waals surface area contributed by atoms with Crippen LogP contribution in [0, 0.1) is 11.7 Å². The zero-order valence-electron chi connectivity index (χ0n) is 12.1. The lowest BCUT2D eigenvalue weighted by Crippen LogP contribution is -2.19. The lowest BCUT2D eigenvalue weighted by molar-refractivity contribution is -0.116. The zero-order chi connectivity index (χ0) is 14.8. The highest BCUT2D eigenvalue weighted by molar-refractivity contribution is 9.09. The molecule has 2 aliphatic rings. The number of hydrogen-bond donors (Lipinski definition) is 1. The minimum Gasteiger partial charge on any atom is -0.326 e. The smallest absolute Gasteiger partial charge is 0.224 e. The number of hydrogen-bond acceptors (Lipinski definition) is 1. The van der Waals surface area contributed by atoms with Crippen LogP contribution in [0.25, 0.3) is 0 Å². The van der Waals surface area contributed by atoms with Crippen molar-refractivity contribution in [2.45, 2.75) is 56.2 Å². The van der Waals surface area contributed by atoms with E-state index in [0.717, 1.165) is 17.5 Å². The van der Waals surface area contributed by atoms with E-state index in [1.165, 1.54) is 38.2 Å². The molecule has 1 aromatic carbocycles. The summed E-state index contributed by atoms with van der Waals surface area (Å²) >= 11 is 3.68. The summed E-state index contributed by atoms with van der Waals surface area (Å²) in [6.07, 6.45) is 8.70. The van der Waals surface area contributed by atoms with Crippen LogP contribution in [-0.4, -0.2) is 5.91 Å². The molecule has 2 nitrogen and oxygen atoms in total. The highest BCUT2D eigenvalue weighted by Gasteiger charge is 2.23. The van der Waals surface area contributed by atoms with Crippen LogP contribution in [-0.2, 0) is 11.2 Å². The number of anilines is 1. The molecule has 1 unspecified atom stereocenters. The van der Waals surface area contributed by atoms with Gasteiger partial charge in [-0.05, 0) is 36.5 Å². The van der Waals surface area contributed by atoms with Crippen LogP contribution in [0.3, 0.4) is 0 Å². The van der Waals surface area contributed by atoms with E-state index in [2.05, 4.69) is 21.2 Å². The number of rotatable bonds is 3. The minimum absolute atomic E-state index is 0.0211. The molecule has 21 heavy (non-hydrogen) atoms. The lowest BCUT2D eigenvalue weighted by Gasteiger charge is -2.25. The van der Waals surface area contributed by atoms with Gasteiger partial charge >= 0.3 is 0 Å². The Morgan fingerprint density at radius 3 is 2.76 bits per heavy atom. The first kappa shape index (κ1) is 15.0. The first-order valence-corrected chi connectivity index (χ1v) is 8.81. The van der Waals surface area contributed by atoms with Crippen LogP contribution in [0.1, 0.15) is 60.9 Å². The van der Waals surface area contributed by atoms with Crippen LogP contribution in [0.2, 0.25) is 0 Å². The van der Waals surface area contributed by atoms with E-state index in [1.54, 1.807) is 0 Å². The van der Waals surface area contributed by atoms with Gasteiger partial charge in [-0.15, -0.1) is 0 Å². The van der Waals surface area contributed by atoms with Crippen LogP contribution in [0.4, 0.5) is 10.1 Å². The third kappa shape index (κ3) is 3.47. The van der Waals surface area contributed by atoms with Crippen molar-refractivity contribution in [2.24, 2.45) is 5.92 Å². The maximum atomic E-state index is 14.3. The molecule has 0 saturated heterocycles. The van der Waals surface area contributed by atoms with E-state index in [0.29, 0.717) is 24.4 Å². The Morgan fingerprint density at radius 1 is 1.24 bits per heavy atom. The van der Waals surface area contributed by atoms with Gasteiger partial charge in [0, 0.05) is 22.5 Å². The van der Waals surface area contributed by atoms with Crippen molar-refractivity contribution in [1.29, 1.82) is 0 Å². The van der Waals surface area contributed by atoms with Crippen LogP contribution in [0.5, 0.6) is 0 Å². The van der Waals surface area contributed by atoms with E-state index < -0.39 is 0 Å². The van der Waals surface area contributed by atoms with Gasteiger partial charge in [0.05, 0.1) is 0 Å². The normalized spacial score (nSPS) is 20.8. The minimum atomic E-state index is -0.214. The largest absolute Gasteiger partial charge is 0.326 e. The predicted molar refractivity (Wildman–Crippen MR) is 86.2 cm³/mol. The molecule has 0 spiro atoms. The number of carbonyl (C=O) groups is 1. The predicted octanol–water partition coefficient (Wildman–Crippen LogP) is 5.12. The average molecular weight is 354 g/mol. The van der Waals surface area contributed by atoms with Crippen LogP contribution in [0.15, 0.2) is 12.1 Å². The van der Waals surface area contributed by atoms with Gasteiger partial charge in [-0.2, -0.15) is 0 Å². The third-order valence-corrected chi connectivity index (χ3v) is 5.59. The van der Waals surface area contributed by atoms with Gasteiger partial charge in [0.25, 0.3) is 0 Å². The first-order valence-electron chi connectivity index (χ1n) is 7.89. The van der Waals surface area contributed by atoms with Crippen LogP contribution < -0.4 is 5.32 Å². The molecule has 1 aliphatic heterocycles. The van der Waals surface area contributed by atoms with Crippen molar-refractivity contribution in [2.75, 3.05) is 5.32 Å². The quantitative estimate of drug-likeness (QED) is 0.751. The summed E-state index contributed by atoms with van der Waals surface area (Å²) in [4.78, 5) is 11.4. The van der Waals surface area contributed by atoms with E-state index in [9.17, 15) is 9.18 Å². The van der Waals surface area contributed by atoms with Crippen molar-refractivity contribution in [1.82, 2.24) is 0 Å². The fourth-order valence-electron chi connectivity index (χ4n) is 3.50. The monoisotopic (exact) mass is 353 g/mol. The first-order chi connectivity index (χ1) is 10.1. The summed E-state index contributed by atoms with van der Waals surface area (Å²) in [6.45, 7) is 0. The number of aryl methyl sites for hydroxylation is 1. The van der Waals surface area contributed by atoms with E-state index in [4.69, 9.17) is 0 Å². The molecular weight excluding hydrogens is 333 g/mol. The highest BCUT2D eigenvalue weighted by atomic mass is 79.9. The summed E-state index contributed by atoms with van der Waals surface area (Å²) < 4.78 is 14.3. The number of fused-ring (bicyclic) bond motifs is 1. The van der Waals surface area contributed by atoms with Gasteiger partial charge in [-0.25, -0.2) is 4.39 Å². The highest BCUT2D eigenvalue weighted by Crippen LogP contribution is 2.39. The van der Waals surface area contributed by atoms with Crippen molar-refractivity contribution >= 4 is 27.5 Å². The summed E-state index contributed by atoms with van der Waals surface area (Å²) in [7, 11) is 0. The lowest BCUT2D eigenvalue weighted by atomic mass is 9.85. The molecular formula is C17H21BrFNO. The standard InChI is InChI=1S/C17H21BrFNO/c18-14(8-11-4-2-1-3-5-11)13-9-12-6-7-17(21)20-16(12)10-15(13)19/h9-11,14H,1-8H2,(H,20,21). The van der Waals surface area contributed by atoms with Crippen molar-refractivity contribution in [3.8, 4) is 0 Å². The van der Waals surface area contributed by atoms with Gasteiger partial charge in [0.1, 0.15) is 5.82 Å². The maximum Gasteiger partial charge on any atom is 0.224 e. The van der Waals surface area contributed by atoms with Gasteiger partial charge in [0.2, 0.25) is 5.91 Å². The number of benzene rings is 1. The summed E-state index contributed by atoms with van der Waals surface area (Å²) in [5.41, 5.74) is 2.44. The SMILES string of the molecule is O=C1CCc2cc(C(Br)CC3CCCCC3)c(F)cc2N1. The van der Waals surface area contributed by atoms with Gasteiger partial charge in [-0.1, -0.05) is 48.0 Å². The summed E-state index contributed by atoms with van der Waals surface area (Å²) in [5, 5.41) is 2.75. The second-order valence-corrected chi connectivity index (χ2v) is 7.39. The molecule has 114 valence electrons. The van der Waals surface area contributed by atoms with E-state index in [-0.39, 0.29) is 16.6 Å². The Balaban J connectivity index is 1.76. The Morgan fingerprint density at radius 2 is 2.00 bits per heavy atom. The zero-order valence-corrected chi connectivity index (χ0v) is 13.7. The molecule has 0 bridgehead atoms. The van der Waals surface area contributed by atoms with E-state index >= 15 is 0 Å². The Hall–Kier alpha value is -0.900. The second kappa shape index (κ2) is 6.47. The third-order valence-electron chi connectivity index (χ3n) is 4.72. The topological polar surface area (TPSA) is 29.1 Å². The fourth-order valence-corrected chi connectivity index (χ4v) is 4.38. The van der Waals surface area contributed by atoms with Crippen molar-refractivity contribution in [3.05, 3.63) is 29.1 Å². The molecule has 1 N–H and O–H groups in total. The maximum absolute atomic E-state index is 14.3. The molecule has 1 aromatic rings. The average Bonchev–Trinajstić information content (AvgIpc) is 2.47. The molecule has 0 aromatic heterocycles. The van der Waals surface area contributed by atoms with Crippen LogP contribution >= 0.6 is 15.9 Å². The fraction of sp³-hybridized carbons (Fsp3) is 0.588. The van der Waals surface area contributed by atoms with E-state index in [1.807, 2.05) is 6.07 Å². The number of nitrogens with one attached hydrogen (secondary N) is 1. The van der Waals surface area contributed by atoms with Crippen molar-refractivity contribution in [3.63, 3.8) is 0 Å². The molecule has 3 rings (SSSR count). The molecule has 1 aliphatic carbocycles. The molecule has 1 amide bonds.